The van der Waals surface area contributed by atoms with Gasteiger partial charge in [0.25, 0.3) is 6.43 Å². The molecule has 1 aromatic rings. The molecular formula is C11H13F3N2O4S. The average molecular weight is 326 g/mol. The molecule has 21 heavy (non-hydrogen) atoms. The first kappa shape index (κ1) is 17.4. The minimum Gasteiger partial charge on any atom is -0.375 e. The lowest BCUT2D eigenvalue weighted by atomic mass is 10.3. The first-order valence-corrected chi connectivity index (χ1v) is 7.23. The minimum atomic E-state index is -4.14. The number of sulfonamides is 1. The van der Waals surface area contributed by atoms with Crippen LogP contribution >= 0.6 is 0 Å². The lowest BCUT2D eigenvalue weighted by Crippen LogP contribution is -2.20. The summed E-state index contributed by atoms with van der Waals surface area (Å²) in [6, 6.07) is 2.58. The van der Waals surface area contributed by atoms with E-state index in [1.807, 2.05) is 0 Å². The highest BCUT2D eigenvalue weighted by Crippen LogP contribution is 2.21. The van der Waals surface area contributed by atoms with Crippen molar-refractivity contribution in [1.29, 1.82) is 0 Å². The van der Waals surface area contributed by atoms with Gasteiger partial charge in [-0.1, -0.05) is 0 Å². The summed E-state index contributed by atoms with van der Waals surface area (Å²) in [5.74, 6) is -1.49. The second-order valence-electron chi connectivity index (χ2n) is 3.95. The van der Waals surface area contributed by atoms with E-state index in [4.69, 9.17) is 5.14 Å². The molecule has 3 N–H and O–H groups in total. The summed E-state index contributed by atoms with van der Waals surface area (Å²) in [4.78, 5) is 11.1. The van der Waals surface area contributed by atoms with Crippen molar-refractivity contribution in [3.8, 4) is 0 Å². The second-order valence-corrected chi connectivity index (χ2v) is 5.48. The van der Waals surface area contributed by atoms with Crippen LogP contribution in [0, 0.1) is 5.82 Å². The molecule has 1 amide bonds. The molecule has 0 saturated carbocycles. The van der Waals surface area contributed by atoms with Gasteiger partial charge < -0.3 is 10.1 Å². The predicted molar refractivity (Wildman–Crippen MR) is 67.8 cm³/mol. The maximum absolute atomic E-state index is 13.1. The zero-order chi connectivity index (χ0) is 16.0. The van der Waals surface area contributed by atoms with Crippen molar-refractivity contribution in [3.63, 3.8) is 0 Å². The molecule has 0 spiro atoms. The van der Waals surface area contributed by atoms with Gasteiger partial charge in [0.2, 0.25) is 15.9 Å². The smallest absolute Gasteiger partial charge is 0.261 e. The monoisotopic (exact) mass is 326 g/mol. The number of nitrogens with two attached hydrogens (primary N) is 1. The molecule has 118 valence electrons. The number of carbonyl (C=O) groups is 1. The van der Waals surface area contributed by atoms with E-state index in [2.05, 4.69) is 10.1 Å². The van der Waals surface area contributed by atoms with Crippen LogP contribution in [0.15, 0.2) is 23.1 Å². The predicted octanol–water partition coefficient (Wildman–Crippen LogP) is 1.08. The van der Waals surface area contributed by atoms with Gasteiger partial charge >= 0.3 is 0 Å². The highest BCUT2D eigenvalue weighted by Gasteiger charge is 2.16. The van der Waals surface area contributed by atoms with Crippen LogP contribution in [0.4, 0.5) is 18.9 Å². The van der Waals surface area contributed by atoms with Crippen LogP contribution in [0.2, 0.25) is 0 Å². The van der Waals surface area contributed by atoms with Crippen LogP contribution in [-0.4, -0.2) is 34.0 Å². The van der Waals surface area contributed by atoms with Crippen molar-refractivity contribution < 1.29 is 31.1 Å². The molecule has 0 aliphatic heterocycles. The van der Waals surface area contributed by atoms with Gasteiger partial charge in [-0.05, 0) is 18.2 Å². The Morgan fingerprint density at radius 3 is 2.62 bits per heavy atom. The molecule has 0 aromatic heterocycles. The molecule has 0 saturated heterocycles. The summed E-state index contributed by atoms with van der Waals surface area (Å²) in [5.41, 5.74) is -0.323. The second kappa shape index (κ2) is 7.38. The Hall–Kier alpha value is -1.65. The molecule has 0 atom stereocenters. The van der Waals surface area contributed by atoms with Gasteiger partial charge in [0.15, 0.2) is 0 Å². The van der Waals surface area contributed by atoms with Gasteiger partial charge in [-0.2, -0.15) is 0 Å². The third-order valence-corrected chi connectivity index (χ3v) is 3.21. The highest BCUT2D eigenvalue weighted by atomic mass is 32.2. The summed E-state index contributed by atoms with van der Waals surface area (Å²) in [7, 11) is -4.14. The van der Waals surface area contributed by atoms with E-state index in [1.165, 1.54) is 0 Å². The number of benzene rings is 1. The van der Waals surface area contributed by atoms with Crippen LogP contribution in [0.1, 0.15) is 6.42 Å². The minimum absolute atomic E-state index is 0.282. The van der Waals surface area contributed by atoms with Crippen LogP contribution in [-0.2, 0) is 19.6 Å². The molecule has 0 unspecified atom stereocenters. The van der Waals surface area contributed by atoms with Crippen LogP contribution < -0.4 is 10.5 Å². The van der Waals surface area contributed by atoms with Crippen LogP contribution in [0.3, 0.4) is 0 Å². The van der Waals surface area contributed by atoms with Crippen molar-refractivity contribution in [2.24, 2.45) is 5.14 Å². The Labute approximate surface area is 119 Å². The summed E-state index contributed by atoms with van der Waals surface area (Å²) in [6.07, 6.45) is -2.95. The Morgan fingerprint density at radius 2 is 2.05 bits per heavy atom. The molecule has 0 fully saturated rings. The summed E-state index contributed by atoms with van der Waals surface area (Å²) in [6.45, 7) is -1.09. The number of carbonyl (C=O) groups excluding carboxylic acids is 1. The molecular weight excluding hydrogens is 313 g/mol. The molecule has 0 heterocycles. The third-order valence-electron chi connectivity index (χ3n) is 2.24. The number of alkyl halides is 2. The highest BCUT2D eigenvalue weighted by molar-refractivity contribution is 7.89. The topological polar surface area (TPSA) is 98.5 Å². The van der Waals surface area contributed by atoms with E-state index >= 15 is 0 Å². The molecule has 10 heteroatoms. The molecule has 1 aromatic carbocycles. The van der Waals surface area contributed by atoms with E-state index in [0.29, 0.717) is 0 Å². The molecule has 0 bridgehead atoms. The number of amides is 1. The standard InChI is InChI=1S/C11H13F3N2O4S/c12-7-1-2-9(21(15,18)19)8(5-7)16-11(17)3-4-20-6-10(13)14/h1-2,5,10H,3-4,6H2,(H,16,17)(H2,15,18,19). The number of ether oxygens (including phenoxy) is 1. The molecule has 0 radical (unpaired) electrons. The van der Waals surface area contributed by atoms with E-state index in [-0.39, 0.29) is 18.7 Å². The zero-order valence-corrected chi connectivity index (χ0v) is 11.5. The molecule has 6 nitrogen and oxygen atoms in total. The lowest BCUT2D eigenvalue weighted by molar-refractivity contribution is -0.117. The fraction of sp³-hybridized carbons (Fsp3) is 0.364. The number of anilines is 1. The maximum Gasteiger partial charge on any atom is 0.261 e. The SMILES string of the molecule is NS(=O)(=O)c1ccc(F)cc1NC(=O)CCOCC(F)F. The number of primary sulfonamides is 1. The van der Waals surface area contributed by atoms with Crippen molar-refractivity contribution in [3.05, 3.63) is 24.0 Å². The number of rotatable bonds is 7. The molecule has 0 aliphatic rings. The fourth-order valence-corrected chi connectivity index (χ4v) is 2.07. The number of hydrogen-bond donors (Lipinski definition) is 2. The maximum atomic E-state index is 13.1. The van der Waals surface area contributed by atoms with E-state index in [0.717, 1.165) is 18.2 Å². The number of nitrogens with one attached hydrogen (secondary N) is 1. The van der Waals surface area contributed by atoms with Crippen molar-refractivity contribution >= 4 is 21.6 Å². The number of halogens is 3. The van der Waals surface area contributed by atoms with Gasteiger partial charge in [0.05, 0.1) is 18.7 Å². The first-order chi connectivity index (χ1) is 9.70. The molecule has 0 aliphatic carbocycles. The third kappa shape index (κ3) is 6.10. The first-order valence-electron chi connectivity index (χ1n) is 5.68. The van der Waals surface area contributed by atoms with Gasteiger partial charge in [-0.3, -0.25) is 4.79 Å². The van der Waals surface area contributed by atoms with Crippen molar-refractivity contribution in [2.75, 3.05) is 18.5 Å². The summed E-state index contributed by atoms with van der Waals surface area (Å²) >= 11 is 0. The van der Waals surface area contributed by atoms with E-state index < -0.39 is 39.7 Å². The quantitative estimate of drug-likeness (QED) is 0.733. The van der Waals surface area contributed by atoms with Gasteiger partial charge in [0.1, 0.15) is 17.3 Å². The summed E-state index contributed by atoms with van der Waals surface area (Å²) < 4.78 is 63.7. The van der Waals surface area contributed by atoms with Crippen molar-refractivity contribution in [1.82, 2.24) is 0 Å². The number of hydrogen-bond acceptors (Lipinski definition) is 4. The largest absolute Gasteiger partial charge is 0.375 e. The average Bonchev–Trinajstić information content (AvgIpc) is 2.33. The van der Waals surface area contributed by atoms with Crippen LogP contribution in [0.5, 0.6) is 0 Å². The lowest BCUT2D eigenvalue weighted by Gasteiger charge is -2.10. The Kier molecular flexibility index (Phi) is 6.12. The summed E-state index contributed by atoms with van der Waals surface area (Å²) in [5, 5.41) is 7.07. The van der Waals surface area contributed by atoms with Gasteiger partial charge in [-0.15, -0.1) is 0 Å². The Morgan fingerprint density at radius 1 is 1.38 bits per heavy atom. The zero-order valence-electron chi connectivity index (χ0n) is 10.7. The Balaban J connectivity index is 2.70. The van der Waals surface area contributed by atoms with E-state index in [1.54, 1.807) is 0 Å². The van der Waals surface area contributed by atoms with Crippen LogP contribution in [0.25, 0.3) is 0 Å². The normalized spacial score (nSPS) is 11.7. The van der Waals surface area contributed by atoms with Gasteiger partial charge in [-0.25, -0.2) is 26.7 Å². The molecule has 1 rings (SSSR count). The fourth-order valence-electron chi connectivity index (χ4n) is 1.40. The van der Waals surface area contributed by atoms with E-state index in [9.17, 15) is 26.4 Å². The van der Waals surface area contributed by atoms with Crippen molar-refractivity contribution in [2.45, 2.75) is 17.7 Å². The Bertz CT molecular complexity index is 607. The van der Waals surface area contributed by atoms with Gasteiger partial charge in [0, 0.05) is 0 Å².